The Bertz CT molecular complexity index is 177. The molecule has 2 aliphatic rings. The highest BCUT2D eigenvalue weighted by atomic mass is 16.2. The molecule has 0 N–H and O–H groups in total. The predicted octanol–water partition coefficient (Wildman–Crippen LogP) is 0.906. The number of rotatable bonds is 1. The number of hydrogen-bond acceptors (Lipinski definition) is 1. The molecule has 11 heavy (non-hydrogen) atoms. The zero-order valence-electron chi connectivity index (χ0n) is 6.92. The quantitative estimate of drug-likeness (QED) is 0.550. The molecule has 0 atom stereocenters. The normalized spacial score (nSPS) is 26.1. The maximum Gasteiger partial charge on any atom is 0.320 e. The van der Waals surface area contributed by atoms with Crippen LogP contribution in [-0.2, 0) is 0 Å². The maximum absolute atomic E-state index is 11.4. The van der Waals surface area contributed by atoms with Crippen molar-refractivity contribution in [1.29, 1.82) is 0 Å². The zero-order chi connectivity index (χ0) is 7.84. The van der Waals surface area contributed by atoms with E-state index in [1.54, 1.807) is 4.90 Å². The van der Waals surface area contributed by atoms with E-state index in [4.69, 9.17) is 0 Å². The number of likely N-dealkylation sites (N-methyl/N-ethyl adjacent to an activating group) is 1. The summed E-state index contributed by atoms with van der Waals surface area (Å²) in [6, 6.07) is 0.808. The highest BCUT2D eigenvalue weighted by Gasteiger charge is 2.34. The molecule has 62 valence electrons. The topological polar surface area (TPSA) is 23.6 Å². The first-order chi connectivity index (χ1) is 5.29. The number of urea groups is 1. The highest BCUT2D eigenvalue weighted by Crippen LogP contribution is 2.27. The highest BCUT2D eigenvalue weighted by molar-refractivity contribution is 5.76. The first-order valence-corrected chi connectivity index (χ1v) is 4.31. The lowest BCUT2D eigenvalue weighted by atomic mass is 9.92. The van der Waals surface area contributed by atoms with Crippen molar-refractivity contribution >= 4 is 6.03 Å². The van der Waals surface area contributed by atoms with E-state index in [0.717, 1.165) is 13.1 Å². The minimum absolute atomic E-state index is 0.231. The van der Waals surface area contributed by atoms with Gasteiger partial charge in [-0.25, -0.2) is 4.79 Å². The number of amides is 2. The molecule has 1 heterocycles. The monoisotopic (exact) mass is 154 g/mol. The summed E-state index contributed by atoms with van der Waals surface area (Å²) in [7, 11) is 1.88. The molecule has 0 spiro atoms. The van der Waals surface area contributed by atoms with Crippen LogP contribution >= 0.6 is 0 Å². The molecule has 0 unspecified atom stereocenters. The lowest BCUT2D eigenvalue weighted by Gasteiger charge is -2.33. The fourth-order valence-corrected chi connectivity index (χ4v) is 1.71. The molecule has 1 aliphatic carbocycles. The van der Waals surface area contributed by atoms with Crippen molar-refractivity contribution in [3.05, 3.63) is 0 Å². The molecule has 0 radical (unpaired) electrons. The van der Waals surface area contributed by atoms with Gasteiger partial charge in [-0.3, -0.25) is 0 Å². The van der Waals surface area contributed by atoms with Crippen LogP contribution < -0.4 is 0 Å². The summed E-state index contributed by atoms with van der Waals surface area (Å²) in [5.41, 5.74) is 0. The molecule has 3 heteroatoms. The molecule has 2 rings (SSSR count). The lowest BCUT2D eigenvalue weighted by Crippen LogP contribution is -2.42. The van der Waals surface area contributed by atoms with Gasteiger partial charge in [0.1, 0.15) is 0 Å². The number of carbonyl (C=O) groups is 1. The van der Waals surface area contributed by atoms with Crippen LogP contribution in [0.5, 0.6) is 0 Å². The fraction of sp³-hybridized carbons (Fsp3) is 0.875. The molecule has 3 nitrogen and oxygen atoms in total. The summed E-state index contributed by atoms with van der Waals surface area (Å²) in [6.45, 7) is 1.86. The third-order valence-electron chi connectivity index (χ3n) is 2.76. The third kappa shape index (κ3) is 0.988. The third-order valence-corrected chi connectivity index (χ3v) is 2.76. The van der Waals surface area contributed by atoms with Gasteiger partial charge in [0.15, 0.2) is 0 Å². The number of nitrogens with zero attached hydrogens (tertiary/aromatic N) is 2. The minimum Gasteiger partial charge on any atom is -0.326 e. The van der Waals surface area contributed by atoms with Crippen molar-refractivity contribution in [1.82, 2.24) is 9.80 Å². The van der Waals surface area contributed by atoms with Crippen molar-refractivity contribution in [3.8, 4) is 0 Å². The average Bonchev–Trinajstić information content (AvgIpc) is 2.15. The van der Waals surface area contributed by atoms with E-state index < -0.39 is 0 Å². The van der Waals surface area contributed by atoms with Gasteiger partial charge in [0.05, 0.1) is 0 Å². The second kappa shape index (κ2) is 2.40. The van der Waals surface area contributed by atoms with Crippen LogP contribution in [-0.4, -0.2) is 42.0 Å². The van der Waals surface area contributed by atoms with E-state index in [1.165, 1.54) is 19.3 Å². The van der Waals surface area contributed by atoms with Crippen molar-refractivity contribution in [2.45, 2.75) is 25.3 Å². The van der Waals surface area contributed by atoms with E-state index >= 15 is 0 Å². The van der Waals surface area contributed by atoms with Gasteiger partial charge in [-0.2, -0.15) is 0 Å². The summed E-state index contributed by atoms with van der Waals surface area (Å²) in [5, 5.41) is 0. The van der Waals surface area contributed by atoms with Crippen LogP contribution in [0.1, 0.15) is 19.3 Å². The van der Waals surface area contributed by atoms with Crippen LogP contribution in [0.2, 0.25) is 0 Å². The van der Waals surface area contributed by atoms with Gasteiger partial charge >= 0.3 is 6.03 Å². The number of carbonyl (C=O) groups excluding carboxylic acids is 1. The van der Waals surface area contributed by atoms with Crippen LogP contribution in [0.3, 0.4) is 0 Å². The van der Waals surface area contributed by atoms with Crippen LogP contribution in [0, 0.1) is 0 Å². The van der Waals surface area contributed by atoms with E-state index in [0.29, 0.717) is 6.04 Å². The van der Waals surface area contributed by atoms with E-state index in [-0.39, 0.29) is 6.03 Å². The molecule has 2 amide bonds. The molecular weight excluding hydrogens is 140 g/mol. The zero-order valence-corrected chi connectivity index (χ0v) is 6.92. The van der Waals surface area contributed by atoms with Crippen molar-refractivity contribution < 1.29 is 4.79 Å². The Kier molecular flexibility index (Phi) is 1.51. The van der Waals surface area contributed by atoms with Crippen LogP contribution in [0.15, 0.2) is 0 Å². The summed E-state index contributed by atoms with van der Waals surface area (Å²) in [4.78, 5) is 15.2. The Morgan fingerprint density at radius 3 is 2.45 bits per heavy atom. The van der Waals surface area contributed by atoms with Gasteiger partial charge < -0.3 is 9.80 Å². The Hall–Kier alpha value is -0.730. The van der Waals surface area contributed by atoms with Gasteiger partial charge in [0.25, 0.3) is 0 Å². The SMILES string of the molecule is CN1CCN(C2CCC2)C1=O. The van der Waals surface area contributed by atoms with Gasteiger partial charge in [-0.05, 0) is 19.3 Å². The maximum atomic E-state index is 11.4. The molecule has 1 saturated carbocycles. The molecule has 0 aromatic carbocycles. The Morgan fingerprint density at radius 2 is 2.09 bits per heavy atom. The summed E-state index contributed by atoms with van der Waals surface area (Å²) in [6.07, 6.45) is 3.75. The molecular formula is C8H14N2O. The Labute approximate surface area is 67.0 Å². The van der Waals surface area contributed by atoms with Gasteiger partial charge in [0.2, 0.25) is 0 Å². The average molecular weight is 154 g/mol. The smallest absolute Gasteiger partial charge is 0.320 e. The summed E-state index contributed by atoms with van der Waals surface area (Å²) < 4.78 is 0. The predicted molar refractivity (Wildman–Crippen MR) is 42.4 cm³/mol. The molecule has 0 bridgehead atoms. The van der Waals surface area contributed by atoms with Crippen molar-refractivity contribution in [2.75, 3.05) is 20.1 Å². The standard InChI is InChI=1S/C8H14N2O/c1-9-5-6-10(8(9)11)7-3-2-4-7/h7H,2-6H2,1H3. The van der Waals surface area contributed by atoms with Gasteiger partial charge in [-0.15, -0.1) is 0 Å². The Morgan fingerprint density at radius 1 is 1.36 bits per heavy atom. The summed E-state index contributed by atoms with van der Waals surface area (Å²) in [5.74, 6) is 0. The second-order valence-corrected chi connectivity index (χ2v) is 3.48. The first-order valence-electron chi connectivity index (χ1n) is 4.31. The Balaban J connectivity index is 1.98. The van der Waals surface area contributed by atoms with E-state index in [2.05, 4.69) is 0 Å². The lowest BCUT2D eigenvalue weighted by molar-refractivity contribution is 0.152. The molecule has 1 saturated heterocycles. The van der Waals surface area contributed by atoms with Crippen molar-refractivity contribution in [3.63, 3.8) is 0 Å². The van der Waals surface area contributed by atoms with Crippen LogP contribution in [0.25, 0.3) is 0 Å². The molecule has 2 fully saturated rings. The molecule has 0 aromatic rings. The largest absolute Gasteiger partial charge is 0.326 e. The number of hydrogen-bond donors (Lipinski definition) is 0. The molecule has 0 aromatic heterocycles. The van der Waals surface area contributed by atoms with E-state index in [1.807, 2.05) is 11.9 Å². The minimum atomic E-state index is 0.231. The van der Waals surface area contributed by atoms with Crippen molar-refractivity contribution in [2.24, 2.45) is 0 Å². The van der Waals surface area contributed by atoms with Gasteiger partial charge in [0, 0.05) is 26.2 Å². The second-order valence-electron chi connectivity index (χ2n) is 3.48. The van der Waals surface area contributed by atoms with Gasteiger partial charge in [-0.1, -0.05) is 0 Å². The fourth-order valence-electron chi connectivity index (χ4n) is 1.71. The molecule has 1 aliphatic heterocycles. The first kappa shape index (κ1) is 6.95. The summed E-state index contributed by atoms with van der Waals surface area (Å²) >= 11 is 0. The van der Waals surface area contributed by atoms with E-state index in [9.17, 15) is 4.79 Å². The van der Waals surface area contributed by atoms with Crippen LogP contribution in [0.4, 0.5) is 4.79 Å².